The Morgan fingerprint density at radius 3 is 2.50 bits per heavy atom. The normalized spacial score (nSPS) is 12.9. The number of carbonyl (C=O) groups is 2. The van der Waals surface area contributed by atoms with Crippen LogP contribution in [0.4, 0.5) is 5.69 Å². The molecule has 1 amide bonds. The maximum absolute atomic E-state index is 12.4. The number of aromatic hydroxyl groups is 1. The first-order chi connectivity index (χ1) is 12.3. The second kappa shape index (κ2) is 8.52. The Morgan fingerprint density at radius 2 is 1.85 bits per heavy atom. The molecule has 0 aliphatic heterocycles. The van der Waals surface area contributed by atoms with Gasteiger partial charge < -0.3 is 15.2 Å². The van der Waals surface area contributed by atoms with E-state index in [1.165, 1.54) is 19.1 Å². The summed E-state index contributed by atoms with van der Waals surface area (Å²) >= 11 is 0. The lowest BCUT2D eigenvalue weighted by Gasteiger charge is -2.18. The van der Waals surface area contributed by atoms with Gasteiger partial charge in [0, 0.05) is 5.69 Å². The third-order valence-corrected chi connectivity index (χ3v) is 4.39. The maximum Gasteiger partial charge on any atom is 0.342 e. The SMILES string of the molecule is CC[C@H](C)c1ccccc1NC(=O)[C@H](C)OC(=O)c1ccc(C)cc1O. The first-order valence-electron chi connectivity index (χ1n) is 8.73. The van der Waals surface area contributed by atoms with Crippen molar-refractivity contribution in [3.63, 3.8) is 0 Å². The van der Waals surface area contributed by atoms with Crippen LogP contribution in [0.5, 0.6) is 5.75 Å². The molecule has 5 nitrogen and oxygen atoms in total. The molecule has 0 aliphatic carbocycles. The number of phenolic OH excluding ortho intramolecular Hbond substituents is 1. The van der Waals surface area contributed by atoms with Gasteiger partial charge in [0.05, 0.1) is 0 Å². The van der Waals surface area contributed by atoms with Gasteiger partial charge in [-0.25, -0.2) is 4.79 Å². The number of nitrogens with one attached hydrogen (secondary N) is 1. The highest BCUT2D eigenvalue weighted by Gasteiger charge is 2.22. The Morgan fingerprint density at radius 1 is 1.15 bits per heavy atom. The number of phenols is 1. The Labute approximate surface area is 154 Å². The van der Waals surface area contributed by atoms with Gasteiger partial charge in [-0.1, -0.05) is 38.1 Å². The summed E-state index contributed by atoms with van der Waals surface area (Å²) in [6.45, 7) is 7.49. The molecule has 2 rings (SSSR count). The van der Waals surface area contributed by atoms with Crippen LogP contribution in [0.25, 0.3) is 0 Å². The Bertz CT molecular complexity index is 800. The standard InChI is InChI=1S/C21H25NO4/c1-5-14(3)16-8-6-7-9-18(16)22-20(24)15(4)26-21(25)17-11-10-13(2)12-19(17)23/h6-12,14-15,23H,5H2,1-4H3,(H,22,24)/t14-,15-/m0/s1. The van der Waals surface area contributed by atoms with E-state index in [-0.39, 0.29) is 11.3 Å². The van der Waals surface area contributed by atoms with Gasteiger partial charge in [0.25, 0.3) is 5.91 Å². The Kier molecular flexibility index (Phi) is 6.39. The van der Waals surface area contributed by atoms with Crippen molar-refractivity contribution in [1.82, 2.24) is 0 Å². The third-order valence-electron chi connectivity index (χ3n) is 4.39. The zero-order chi connectivity index (χ0) is 19.3. The Hall–Kier alpha value is -2.82. The first-order valence-corrected chi connectivity index (χ1v) is 8.73. The summed E-state index contributed by atoms with van der Waals surface area (Å²) in [5.74, 6) is -1.01. The van der Waals surface area contributed by atoms with E-state index in [9.17, 15) is 14.7 Å². The summed E-state index contributed by atoms with van der Waals surface area (Å²) in [5, 5.41) is 12.7. The lowest BCUT2D eigenvalue weighted by atomic mass is 9.97. The molecule has 0 aliphatic rings. The van der Waals surface area contributed by atoms with Crippen LogP contribution in [-0.4, -0.2) is 23.1 Å². The summed E-state index contributed by atoms with van der Waals surface area (Å²) in [6, 6.07) is 12.2. The van der Waals surface area contributed by atoms with Crippen molar-refractivity contribution >= 4 is 17.6 Å². The van der Waals surface area contributed by atoms with E-state index < -0.39 is 18.0 Å². The van der Waals surface area contributed by atoms with Gasteiger partial charge in [0.15, 0.2) is 6.10 Å². The average molecular weight is 355 g/mol. The largest absolute Gasteiger partial charge is 0.507 e. The van der Waals surface area contributed by atoms with Crippen LogP contribution in [0.3, 0.4) is 0 Å². The van der Waals surface area contributed by atoms with E-state index in [0.29, 0.717) is 11.6 Å². The summed E-state index contributed by atoms with van der Waals surface area (Å²) in [4.78, 5) is 24.6. The highest BCUT2D eigenvalue weighted by atomic mass is 16.5. The van der Waals surface area contributed by atoms with E-state index >= 15 is 0 Å². The van der Waals surface area contributed by atoms with Crippen LogP contribution in [0.15, 0.2) is 42.5 Å². The number of rotatable bonds is 6. The quantitative estimate of drug-likeness (QED) is 0.753. The molecule has 2 aromatic carbocycles. The molecule has 2 aromatic rings. The highest BCUT2D eigenvalue weighted by molar-refractivity contribution is 5.98. The van der Waals surface area contributed by atoms with Gasteiger partial charge in [0.2, 0.25) is 0 Å². The molecular weight excluding hydrogens is 330 g/mol. The summed E-state index contributed by atoms with van der Waals surface area (Å²) in [7, 11) is 0. The summed E-state index contributed by atoms with van der Waals surface area (Å²) in [6.07, 6.45) is -0.0439. The van der Waals surface area contributed by atoms with Crippen molar-refractivity contribution in [3.05, 3.63) is 59.2 Å². The van der Waals surface area contributed by atoms with Crippen molar-refractivity contribution < 1.29 is 19.4 Å². The van der Waals surface area contributed by atoms with E-state index in [0.717, 1.165) is 17.5 Å². The molecule has 0 heterocycles. The monoisotopic (exact) mass is 355 g/mol. The second-order valence-electron chi connectivity index (χ2n) is 6.45. The van der Waals surface area contributed by atoms with Gasteiger partial charge in [-0.15, -0.1) is 0 Å². The molecular formula is C21H25NO4. The van der Waals surface area contributed by atoms with E-state index in [1.54, 1.807) is 13.0 Å². The zero-order valence-corrected chi connectivity index (χ0v) is 15.6. The maximum atomic E-state index is 12.4. The van der Waals surface area contributed by atoms with E-state index in [2.05, 4.69) is 19.2 Å². The predicted octanol–water partition coefficient (Wildman–Crippen LogP) is 4.40. The molecule has 5 heteroatoms. The van der Waals surface area contributed by atoms with Crippen molar-refractivity contribution in [3.8, 4) is 5.75 Å². The van der Waals surface area contributed by atoms with Crippen LogP contribution in [0.2, 0.25) is 0 Å². The fraction of sp³-hybridized carbons (Fsp3) is 0.333. The smallest absolute Gasteiger partial charge is 0.342 e. The van der Waals surface area contributed by atoms with Crippen molar-refractivity contribution in [2.24, 2.45) is 0 Å². The predicted molar refractivity (Wildman–Crippen MR) is 101 cm³/mol. The van der Waals surface area contributed by atoms with Crippen molar-refractivity contribution in [1.29, 1.82) is 0 Å². The van der Waals surface area contributed by atoms with Gasteiger partial charge >= 0.3 is 5.97 Å². The number of esters is 1. The second-order valence-corrected chi connectivity index (χ2v) is 6.45. The minimum absolute atomic E-state index is 0.0373. The lowest BCUT2D eigenvalue weighted by molar-refractivity contribution is -0.123. The molecule has 0 saturated carbocycles. The fourth-order valence-corrected chi connectivity index (χ4v) is 2.59. The number of hydrogen-bond acceptors (Lipinski definition) is 4. The summed E-state index contributed by atoms with van der Waals surface area (Å²) < 4.78 is 5.21. The number of aryl methyl sites for hydroxylation is 1. The zero-order valence-electron chi connectivity index (χ0n) is 15.6. The van der Waals surface area contributed by atoms with Crippen molar-refractivity contribution in [2.45, 2.75) is 46.1 Å². The highest BCUT2D eigenvalue weighted by Crippen LogP contribution is 2.27. The van der Waals surface area contributed by atoms with E-state index in [1.807, 2.05) is 24.3 Å². The molecule has 0 aromatic heterocycles. The number of carbonyl (C=O) groups excluding carboxylic acids is 2. The molecule has 138 valence electrons. The average Bonchev–Trinajstić information content (AvgIpc) is 2.61. The molecule has 0 unspecified atom stereocenters. The molecule has 0 fully saturated rings. The first kappa shape index (κ1) is 19.5. The van der Waals surface area contributed by atoms with Crippen molar-refractivity contribution in [2.75, 3.05) is 5.32 Å². The van der Waals surface area contributed by atoms with Crippen LogP contribution < -0.4 is 5.32 Å². The number of hydrogen-bond donors (Lipinski definition) is 2. The van der Waals surface area contributed by atoms with Gasteiger partial charge in [-0.2, -0.15) is 0 Å². The van der Waals surface area contributed by atoms with Gasteiger partial charge in [-0.3, -0.25) is 4.79 Å². The lowest BCUT2D eigenvalue weighted by Crippen LogP contribution is -2.30. The molecule has 0 spiro atoms. The number of amides is 1. The minimum Gasteiger partial charge on any atom is -0.507 e. The van der Waals surface area contributed by atoms with Crippen LogP contribution in [0, 0.1) is 6.92 Å². The molecule has 0 saturated heterocycles. The fourth-order valence-electron chi connectivity index (χ4n) is 2.59. The molecule has 0 radical (unpaired) electrons. The molecule has 26 heavy (non-hydrogen) atoms. The van der Waals surface area contributed by atoms with Crippen LogP contribution in [-0.2, 0) is 9.53 Å². The number of anilines is 1. The van der Waals surface area contributed by atoms with Crippen LogP contribution in [0.1, 0.15) is 54.6 Å². The number of benzene rings is 2. The van der Waals surface area contributed by atoms with Crippen LogP contribution >= 0.6 is 0 Å². The molecule has 0 bridgehead atoms. The molecule has 2 N–H and O–H groups in total. The summed E-state index contributed by atoms with van der Waals surface area (Å²) in [5.41, 5.74) is 2.62. The third kappa shape index (κ3) is 4.63. The van der Waals surface area contributed by atoms with Gasteiger partial charge in [-0.05, 0) is 55.5 Å². The van der Waals surface area contributed by atoms with E-state index in [4.69, 9.17) is 4.74 Å². The number of para-hydroxylation sites is 1. The Balaban J connectivity index is 2.07. The van der Waals surface area contributed by atoms with Gasteiger partial charge in [0.1, 0.15) is 11.3 Å². The topological polar surface area (TPSA) is 75.6 Å². The number of ether oxygens (including phenoxy) is 1. The molecule has 2 atom stereocenters. The minimum atomic E-state index is -0.992.